The topological polar surface area (TPSA) is 17.1 Å². The van der Waals surface area contributed by atoms with Crippen molar-refractivity contribution in [1.82, 2.24) is 0 Å². The van der Waals surface area contributed by atoms with Crippen LogP contribution in [0.3, 0.4) is 0 Å². The van der Waals surface area contributed by atoms with Crippen molar-refractivity contribution in [3.8, 4) is 0 Å². The van der Waals surface area contributed by atoms with E-state index >= 15 is 0 Å². The average molecular weight is 230 g/mol. The van der Waals surface area contributed by atoms with Gasteiger partial charge in [0, 0.05) is 6.42 Å². The third kappa shape index (κ3) is 6.06. The molecule has 0 saturated heterocycles. The lowest BCUT2D eigenvalue weighted by Gasteiger charge is -2.00. The molecule has 1 aromatic carbocycles. The number of carbonyl (C=O) groups is 1. The first-order chi connectivity index (χ1) is 8.22. The number of rotatable bonds is 7. The van der Waals surface area contributed by atoms with E-state index in [2.05, 4.69) is 26.0 Å². The van der Waals surface area contributed by atoms with Crippen LogP contribution in [0.4, 0.5) is 0 Å². The van der Waals surface area contributed by atoms with Gasteiger partial charge in [0.15, 0.2) is 5.78 Å². The quantitative estimate of drug-likeness (QED) is 0.637. The first kappa shape index (κ1) is 13.7. The van der Waals surface area contributed by atoms with Crippen molar-refractivity contribution >= 4 is 5.78 Å². The summed E-state index contributed by atoms with van der Waals surface area (Å²) in [6, 6.07) is 10.2. The first-order valence-corrected chi connectivity index (χ1v) is 6.46. The molecule has 92 valence electrons. The van der Waals surface area contributed by atoms with Crippen molar-refractivity contribution in [3.05, 3.63) is 47.5 Å². The Bertz CT molecular complexity index is 362. The fourth-order valence-electron chi connectivity index (χ4n) is 1.79. The van der Waals surface area contributed by atoms with Gasteiger partial charge >= 0.3 is 0 Å². The van der Waals surface area contributed by atoms with E-state index in [9.17, 15) is 4.79 Å². The molecule has 17 heavy (non-hydrogen) atoms. The van der Waals surface area contributed by atoms with Crippen LogP contribution in [0.15, 0.2) is 42.0 Å². The minimum atomic E-state index is 0.252. The summed E-state index contributed by atoms with van der Waals surface area (Å²) in [5.41, 5.74) is 2.45. The van der Waals surface area contributed by atoms with Gasteiger partial charge in [-0.1, -0.05) is 49.2 Å². The van der Waals surface area contributed by atoms with Crippen molar-refractivity contribution in [1.29, 1.82) is 0 Å². The molecule has 0 radical (unpaired) electrons. The summed E-state index contributed by atoms with van der Waals surface area (Å²) >= 11 is 0. The van der Waals surface area contributed by atoms with E-state index in [4.69, 9.17) is 0 Å². The SMILES string of the molecule is CCCC/C(C)=C/C(=O)CCc1ccccc1. The molecular formula is C16H22O. The lowest BCUT2D eigenvalue weighted by Crippen LogP contribution is -1.97. The number of hydrogen-bond acceptors (Lipinski definition) is 1. The summed E-state index contributed by atoms with van der Waals surface area (Å²) < 4.78 is 0. The maximum absolute atomic E-state index is 11.7. The minimum absolute atomic E-state index is 0.252. The van der Waals surface area contributed by atoms with E-state index in [1.54, 1.807) is 0 Å². The second kappa shape index (κ2) is 7.83. The van der Waals surface area contributed by atoms with Gasteiger partial charge in [0.1, 0.15) is 0 Å². The van der Waals surface area contributed by atoms with E-state index in [1.165, 1.54) is 24.0 Å². The molecule has 0 N–H and O–H groups in total. The van der Waals surface area contributed by atoms with Crippen LogP contribution in [0.2, 0.25) is 0 Å². The van der Waals surface area contributed by atoms with Gasteiger partial charge in [-0.25, -0.2) is 0 Å². The normalized spacial score (nSPS) is 11.5. The van der Waals surface area contributed by atoms with Crippen molar-refractivity contribution < 1.29 is 4.79 Å². The highest BCUT2D eigenvalue weighted by Gasteiger charge is 2.00. The molecule has 0 amide bonds. The van der Waals surface area contributed by atoms with Crippen LogP contribution in [0, 0.1) is 0 Å². The molecule has 1 rings (SSSR count). The summed E-state index contributed by atoms with van der Waals surface area (Å²) in [6.07, 6.45) is 6.69. The second-order valence-corrected chi connectivity index (χ2v) is 4.55. The van der Waals surface area contributed by atoms with E-state index in [-0.39, 0.29) is 5.78 Å². The molecule has 0 unspecified atom stereocenters. The number of ketones is 1. The summed E-state index contributed by atoms with van der Waals surface area (Å²) in [7, 11) is 0. The van der Waals surface area contributed by atoms with Gasteiger partial charge in [-0.3, -0.25) is 4.79 Å². The zero-order valence-electron chi connectivity index (χ0n) is 10.9. The molecule has 0 bridgehead atoms. The summed E-state index contributed by atoms with van der Waals surface area (Å²) in [6.45, 7) is 4.22. The van der Waals surface area contributed by atoms with Gasteiger partial charge in [0.05, 0.1) is 0 Å². The number of allylic oxidation sites excluding steroid dienone is 2. The Labute approximate surface area is 105 Å². The standard InChI is InChI=1S/C16H22O/c1-3-4-8-14(2)13-16(17)12-11-15-9-6-5-7-10-15/h5-7,9-10,13H,3-4,8,11-12H2,1-2H3/b14-13+. The Kier molecular flexibility index (Phi) is 6.31. The van der Waals surface area contributed by atoms with Crippen molar-refractivity contribution in [2.24, 2.45) is 0 Å². The highest BCUT2D eigenvalue weighted by Crippen LogP contribution is 2.08. The molecule has 1 nitrogen and oxygen atoms in total. The Morgan fingerprint density at radius 1 is 1.18 bits per heavy atom. The summed E-state index contributed by atoms with van der Waals surface area (Å²) in [5, 5.41) is 0. The van der Waals surface area contributed by atoms with Crippen LogP contribution in [-0.4, -0.2) is 5.78 Å². The molecule has 0 aliphatic carbocycles. The number of unbranched alkanes of at least 4 members (excludes halogenated alkanes) is 1. The molecule has 0 aliphatic heterocycles. The Morgan fingerprint density at radius 3 is 2.53 bits per heavy atom. The molecule has 0 aromatic heterocycles. The van der Waals surface area contributed by atoms with E-state index in [1.807, 2.05) is 24.3 Å². The number of carbonyl (C=O) groups excluding carboxylic acids is 1. The smallest absolute Gasteiger partial charge is 0.155 e. The van der Waals surface area contributed by atoms with Crippen LogP contribution in [-0.2, 0) is 11.2 Å². The predicted molar refractivity (Wildman–Crippen MR) is 73.1 cm³/mol. The lowest BCUT2D eigenvalue weighted by atomic mass is 10.0. The van der Waals surface area contributed by atoms with Crippen LogP contribution in [0.5, 0.6) is 0 Å². The Balaban J connectivity index is 2.35. The molecule has 0 aliphatic rings. The maximum Gasteiger partial charge on any atom is 0.155 e. The largest absolute Gasteiger partial charge is 0.295 e. The molecule has 0 fully saturated rings. The van der Waals surface area contributed by atoms with Gasteiger partial charge in [-0.05, 0) is 37.8 Å². The number of aryl methyl sites for hydroxylation is 1. The van der Waals surface area contributed by atoms with E-state index in [0.717, 1.165) is 12.8 Å². The van der Waals surface area contributed by atoms with Crippen LogP contribution >= 0.6 is 0 Å². The van der Waals surface area contributed by atoms with Crippen LogP contribution in [0.25, 0.3) is 0 Å². The van der Waals surface area contributed by atoms with Crippen molar-refractivity contribution in [3.63, 3.8) is 0 Å². The van der Waals surface area contributed by atoms with E-state index < -0.39 is 0 Å². The number of benzene rings is 1. The van der Waals surface area contributed by atoms with Crippen LogP contribution < -0.4 is 0 Å². The lowest BCUT2D eigenvalue weighted by molar-refractivity contribution is -0.114. The highest BCUT2D eigenvalue weighted by molar-refractivity contribution is 5.90. The van der Waals surface area contributed by atoms with Crippen LogP contribution in [0.1, 0.15) is 45.1 Å². The first-order valence-electron chi connectivity index (χ1n) is 6.46. The fourth-order valence-corrected chi connectivity index (χ4v) is 1.79. The molecule has 0 spiro atoms. The fraction of sp³-hybridized carbons (Fsp3) is 0.438. The summed E-state index contributed by atoms with van der Waals surface area (Å²) in [4.78, 5) is 11.7. The predicted octanol–water partition coefficient (Wildman–Crippen LogP) is 4.32. The molecule has 1 heteroatoms. The number of hydrogen-bond donors (Lipinski definition) is 0. The zero-order chi connectivity index (χ0) is 12.5. The third-order valence-electron chi connectivity index (χ3n) is 2.83. The Hall–Kier alpha value is -1.37. The van der Waals surface area contributed by atoms with Gasteiger partial charge < -0.3 is 0 Å². The van der Waals surface area contributed by atoms with Gasteiger partial charge in [0.25, 0.3) is 0 Å². The monoisotopic (exact) mass is 230 g/mol. The molecule has 0 heterocycles. The molecule has 0 atom stereocenters. The van der Waals surface area contributed by atoms with Gasteiger partial charge in [-0.2, -0.15) is 0 Å². The molecule has 1 aromatic rings. The zero-order valence-corrected chi connectivity index (χ0v) is 10.9. The summed E-state index contributed by atoms with van der Waals surface area (Å²) in [5.74, 6) is 0.252. The molecule has 0 saturated carbocycles. The second-order valence-electron chi connectivity index (χ2n) is 4.55. The van der Waals surface area contributed by atoms with Crippen molar-refractivity contribution in [2.75, 3.05) is 0 Å². The highest BCUT2D eigenvalue weighted by atomic mass is 16.1. The average Bonchev–Trinajstić information content (AvgIpc) is 2.35. The molecular weight excluding hydrogens is 208 g/mol. The van der Waals surface area contributed by atoms with Crippen molar-refractivity contribution in [2.45, 2.75) is 46.0 Å². The maximum atomic E-state index is 11.7. The third-order valence-corrected chi connectivity index (χ3v) is 2.83. The Morgan fingerprint density at radius 2 is 1.88 bits per heavy atom. The van der Waals surface area contributed by atoms with Gasteiger partial charge in [-0.15, -0.1) is 0 Å². The van der Waals surface area contributed by atoms with Gasteiger partial charge in [0.2, 0.25) is 0 Å². The minimum Gasteiger partial charge on any atom is -0.295 e. The van der Waals surface area contributed by atoms with E-state index in [0.29, 0.717) is 6.42 Å².